The molecule has 0 spiro atoms. The molecule has 1 aliphatic rings. The van der Waals surface area contributed by atoms with E-state index in [1.54, 1.807) is 6.20 Å². The van der Waals surface area contributed by atoms with Crippen molar-refractivity contribution in [3.8, 4) is 0 Å². The summed E-state index contributed by atoms with van der Waals surface area (Å²) < 4.78 is 0. The summed E-state index contributed by atoms with van der Waals surface area (Å²) in [5.41, 5.74) is 7.69. The predicted octanol–water partition coefficient (Wildman–Crippen LogP) is 2.18. The highest BCUT2D eigenvalue weighted by molar-refractivity contribution is 6.06. The molecule has 1 fully saturated rings. The Hall–Kier alpha value is -1.59. The van der Waals surface area contributed by atoms with E-state index in [1.165, 1.54) is 0 Å². The van der Waals surface area contributed by atoms with Crippen LogP contribution in [0.1, 0.15) is 30.6 Å². The van der Waals surface area contributed by atoms with E-state index in [0.717, 1.165) is 23.9 Å². The molecule has 5 nitrogen and oxygen atoms in total. The quantitative estimate of drug-likeness (QED) is 0.848. The number of halogens is 1. The largest absolute Gasteiger partial charge is 0.338 e. The second kappa shape index (κ2) is 5.66. The minimum absolute atomic E-state index is 0. The van der Waals surface area contributed by atoms with Gasteiger partial charge in [-0.15, -0.1) is 12.4 Å². The van der Waals surface area contributed by atoms with Crippen molar-refractivity contribution in [1.29, 1.82) is 0 Å². The molecule has 1 aromatic carbocycles. The molecule has 21 heavy (non-hydrogen) atoms. The molecule has 0 radical (unpaired) electrons. The van der Waals surface area contributed by atoms with Crippen LogP contribution in [0.4, 0.5) is 0 Å². The molecule has 1 aromatic heterocycles. The molecule has 2 aromatic rings. The Labute approximate surface area is 130 Å². The van der Waals surface area contributed by atoms with Crippen molar-refractivity contribution < 1.29 is 4.79 Å². The number of aromatic amines is 1. The molecule has 0 aliphatic carbocycles. The molecular weight excluding hydrogens is 288 g/mol. The van der Waals surface area contributed by atoms with Gasteiger partial charge >= 0.3 is 0 Å². The summed E-state index contributed by atoms with van der Waals surface area (Å²) in [7, 11) is 0. The zero-order valence-electron chi connectivity index (χ0n) is 12.3. The van der Waals surface area contributed by atoms with Gasteiger partial charge in [-0.25, -0.2) is 0 Å². The molecule has 1 unspecified atom stereocenters. The first kappa shape index (κ1) is 15.8. The van der Waals surface area contributed by atoms with Gasteiger partial charge in [0.2, 0.25) is 0 Å². The van der Waals surface area contributed by atoms with Crippen molar-refractivity contribution in [3.05, 3.63) is 30.0 Å². The van der Waals surface area contributed by atoms with Gasteiger partial charge < -0.3 is 10.6 Å². The Bertz CT molecular complexity index is 652. The summed E-state index contributed by atoms with van der Waals surface area (Å²) in [6.45, 7) is 5.66. The number of fused-ring (bicyclic) bond motifs is 1. The number of hydrogen-bond donors (Lipinski definition) is 2. The lowest BCUT2D eigenvalue weighted by atomic mass is 9.79. The van der Waals surface area contributed by atoms with E-state index in [-0.39, 0.29) is 29.8 Å². The van der Waals surface area contributed by atoms with Gasteiger partial charge in [0.1, 0.15) is 0 Å². The summed E-state index contributed by atoms with van der Waals surface area (Å²) in [5.74, 6) is 0.0666. The van der Waals surface area contributed by atoms with Crippen molar-refractivity contribution in [3.63, 3.8) is 0 Å². The van der Waals surface area contributed by atoms with Crippen molar-refractivity contribution in [2.45, 2.75) is 26.3 Å². The number of carbonyl (C=O) groups is 1. The molecule has 3 N–H and O–H groups in total. The number of likely N-dealkylation sites (tertiary alicyclic amines) is 1. The third-order valence-electron chi connectivity index (χ3n) is 4.31. The maximum absolute atomic E-state index is 12.7. The number of carbonyl (C=O) groups excluding carboxylic acids is 1. The van der Waals surface area contributed by atoms with Crippen LogP contribution < -0.4 is 5.73 Å². The maximum atomic E-state index is 12.7. The number of piperidine rings is 1. The summed E-state index contributed by atoms with van der Waals surface area (Å²) in [6, 6.07) is 5.82. The third kappa shape index (κ3) is 2.76. The maximum Gasteiger partial charge on any atom is 0.254 e. The summed E-state index contributed by atoms with van der Waals surface area (Å²) in [5, 5.41) is 7.79. The Morgan fingerprint density at radius 1 is 1.48 bits per heavy atom. The minimum Gasteiger partial charge on any atom is -0.338 e. The topological polar surface area (TPSA) is 75.0 Å². The fraction of sp³-hybridized carbons (Fsp3) is 0.467. The molecule has 1 atom stereocenters. The molecule has 6 heteroatoms. The van der Waals surface area contributed by atoms with Crippen molar-refractivity contribution in [2.24, 2.45) is 11.1 Å². The Kier molecular flexibility index (Phi) is 4.25. The highest BCUT2D eigenvalue weighted by atomic mass is 35.5. The van der Waals surface area contributed by atoms with Crippen LogP contribution in [0.2, 0.25) is 0 Å². The number of rotatable bonds is 1. The molecule has 1 aliphatic heterocycles. The van der Waals surface area contributed by atoms with E-state index in [9.17, 15) is 4.79 Å². The van der Waals surface area contributed by atoms with Crippen LogP contribution in [-0.2, 0) is 0 Å². The van der Waals surface area contributed by atoms with Crippen molar-refractivity contribution in [2.75, 3.05) is 13.1 Å². The number of H-pyrrole nitrogens is 1. The molecule has 1 amide bonds. The number of amides is 1. The second-order valence-corrected chi connectivity index (χ2v) is 6.25. The van der Waals surface area contributed by atoms with E-state index < -0.39 is 0 Å². The van der Waals surface area contributed by atoms with Crippen LogP contribution in [0.15, 0.2) is 24.4 Å². The van der Waals surface area contributed by atoms with Crippen LogP contribution in [0.25, 0.3) is 10.9 Å². The minimum atomic E-state index is -0.0435. The van der Waals surface area contributed by atoms with E-state index in [0.29, 0.717) is 12.1 Å². The molecule has 114 valence electrons. The van der Waals surface area contributed by atoms with Gasteiger partial charge in [-0.2, -0.15) is 5.10 Å². The first-order valence-electron chi connectivity index (χ1n) is 6.96. The number of aromatic nitrogens is 2. The fourth-order valence-corrected chi connectivity index (χ4v) is 2.87. The SMILES string of the molecule is CC1(C)CN(C(=O)c2cccc3[nH]ncc23)CCC1N.Cl. The van der Waals surface area contributed by atoms with Gasteiger partial charge in [0.05, 0.1) is 17.3 Å². The average molecular weight is 309 g/mol. The highest BCUT2D eigenvalue weighted by Gasteiger charge is 2.35. The monoisotopic (exact) mass is 308 g/mol. The fourth-order valence-electron chi connectivity index (χ4n) is 2.87. The summed E-state index contributed by atoms with van der Waals surface area (Å²) >= 11 is 0. The second-order valence-electron chi connectivity index (χ2n) is 6.25. The van der Waals surface area contributed by atoms with Gasteiger partial charge in [-0.05, 0) is 24.0 Å². The molecular formula is C15H21ClN4O. The zero-order valence-corrected chi connectivity index (χ0v) is 13.1. The zero-order chi connectivity index (χ0) is 14.3. The van der Waals surface area contributed by atoms with Crippen molar-refractivity contribution >= 4 is 29.2 Å². The first-order valence-corrected chi connectivity index (χ1v) is 6.96. The van der Waals surface area contributed by atoms with Crippen LogP contribution in [0, 0.1) is 5.41 Å². The van der Waals surface area contributed by atoms with E-state index in [2.05, 4.69) is 24.0 Å². The smallest absolute Gasteiger partial charge is 0.254 e. The molecule has 0 bridgehead atoms. The third-order valence-corrected chi connectivity index (χ3v) is 4.31. The normalized spacial score (nSPS) is 21.1. The molecule has 3 rings (SSSR count). The van der Waals surface area contributed by atoms with Gasteiger partial charge in [0.15, 0.2) is 0 Å². The summed E-state index contributed by atoms with van der Waals surface area (Å²) in [4.78, 5) is 14.7. The van der Waals surface area contributed by atoms with Gasteiger partial charge in [0.25, 0.3) is 5.91 Å². The Balaban J connectivity index is 0.00000161. The van der Waals surface area contributed by atoms with Crippen LogP contribution in [-0.4, -0.2) is 40.1 Å². The molecule has 2 heterocycles. The average Bonchev–Trinajstić information content (AvgIpc) is 2.89. The first-order chi connectivity index (χ1) is 9.49. The lowest BCUT2D eigenvalue weighted by Crippen LogP contribution is -2.54. The number of nitrogens with two attached hydrogens (primary N) is 1. The Morgan fingerprint density at radius 2 is 2.24 bits per heavy atom. The molecule has 0 saturated carbocycles. The lowest BCUT2D eigenvalue weighted by Gasteiger charge is -2.42. The van der Waals surface area contributed by atoms with Gasteiger partial charge in [-0.1, -0.05) is 19.9 Å². The van der Waals surface area contributed by atoms with Crippen LogP contribution in [0.3, 0.4) is 0 Å². The van der Waals surface area contributed by atoms with Crippen LogP contribution >= 0.6 is 12.4 Å². The van der Waals surface area contributed by atoms with Gasteiger partial charge in [-0.3, -0.25) is 9.89 Å². The van der Waals surface area contributed by atoms with E-state index >= 15 is 0 Å². The van der Waals surface area contributed by atoms with Crippen LogP contribution in [0.5, 0.6) is 0 Å². The van der Waals surface area contributed by atoms with Gasteiger partial charge in [0, 0.05) is 24.5 Å². The standard InChI is InChI=1S/C15H20N4O.ClH/c1-15(2)9-19(7-6-13(15)16)14(20)10-4-3-5-12-11(10)8-17-18-12;/h3-5,8,13H,6-7,9,16H2,1-2H3,(H,17,18);1H. The number of nitrogens with one attached hydrogen (secondary N) is 1. The predicted molar refractivity (Wildman–Crippen MR) is 85.6 cm³/mol. The number of nitrogens with zero attached hydrogens (tertiary/aromatic N) is 2. The van der Waals surface area contributed by atoms with E-state index in [4.69, 9.17) is 5.73 Å². The Morgan fingerprint density at radius 3 is 2.95 bits per heavy atom. The number of benzene rings is 1. The highest BCUT2D eigenvalue weighted by Crippen LogP contribution is 2.29. The number of hydrogen-bond acceptors (Lipinski definition) is 3. The lowest BCUT2D eigenvalue weighted by molar-refractivity contribution is 0.0535. The summed E-state index contributed by atoms with van der Waals surface area (Å²) in [6.07, 6.45) is 2.56. The van der Waals surface area contributed by atoms with E-state index in [1.807, 2.05) is 23.1 Å². The van der Waals surface area contributed by atoms with Crippen molar-refractivity contribution in [1.82, 2.24) is 15.1 Å². The molecule has 1 saturated heterocycles.